The summed E-state index contributed by atoms with van der Waals surface area (Å²) in [4.78, 5) is 4.79. The second-order valence-electron chi connectivity index (χ2n) is 7.20. The quantitative estimate of drug-likeness (QED) is 0.783. The zero-order chi connectivity index (χ0) is 19.2. The topological polar surface area (TPSA) is 39.5 Å². The smallest absolute Gasteiger partial charge is 0.140 e. The summed E-state index contributed by atoms with van der Waals surface area (Å²) in [7, 11) is 2.13. The average Bonchev–Trinajstić information content (AvgIpc) is 2.69. The van der Waals surface area contributed by atoms with Gasteiger partial charge in [0.25, 0.3) is 0 Å². The molecule has 0 radical (unpaired) electrons. The lowest BCUT2D eigenvalue weighted by molar-refractivity contribution is 0.0137. The van der Waals surface area contributed by atoms with Gasteiger partial charge in [0.2, 0.25) is 0 Å². The molecule has 0 amide bonds. The summed E-state index contributed by atoms with van der Waals surface area (Å²) >= 11 is 0. The Kier molecular flexibility index (Phi) is 6.57. The Labute approximate surface area is 160 Å². The molecule has 0 bridgehead atoms. The van der Waals surface area contributed by atoms with Gasteiger partial charge in [-0.1, -0.05) is 24.3 Å². The van der Waals surface area contributed by atoms with E-state index in [1.807, 2.05) is 18.2 Å². The SMILES string of the molecule is CC(CN(C)Cc1cccc(-c2ccc(F)c(C#N)c2)c1)N1CCOCC1. The summed E-state index contributed by atoms with van der Waals surface area (Å²) in [5.74, 6) is -0.478. The van der Waals surface area contributed by atoms with E-state index in [0.29, 0.717) is 6.04 Å². The summed E-state index contributed by atoms with van der Waals surface area (Å²) < 4.78 is 19.0. The van der Waals surface area contributed by atoms with E-state index in [0.717, 1.165) is 50.5 Å². The molecule has 4 nitrogen and oxygen atoms in total. The first-order chi connectivity index (χ1) is 13.1. The molecule has 27 heavy (non-hydrogen) atoms. The van der Waals surface area contributed by atoms with Gasteiger partial charge >= 0.3 is 0 Å². The monoisotopic (exact) mass is 367 g/mol. The number of nitriles is 1. The Morgan fingerprint density at radius 3 is 2.67 bits per heavy atom. The van der Waals surface area contributed by atoms with Crippen molar-refractivity contribution in [3.05, 3.63) is 59.4 Å². The third-order valence-electron chi connectivity index (χ3n) is 5.04. The number of benzene rings is 2. The van der Waals surface area contributed by atoms with Gasteiger partial charge in [-0.05, 0) is 48.9 Å². The van der Waals surface area contributed by atoms with Crippen molar-refractivity contribution >= 4 is 0 Å². The predicted octanol–water partition coefficient (Wildman–Crippen LogP) is 3.52. The number of halogens is 1. The van der Waals surface area contributed by atoms with Gasteiger partial charge in [0, 0.05) is 32.2 Å². The van der Waals surface area contributed by atoms with Crippen LogP contribution in [0.3, 0.4) is 0 Å². The maximum atomic E-state index is 13.6. The summed E-state index contributed by atoms with van der Waals surface area (Å²) in [6.45, 7) is 7.72. The molecule has 1 aliphatic rings. The molecule has 0 aromatic heterocycles. The molecule has 1 aliphatic heterocycles. The Hall–Kier alpha value is -2.26. The summed E-state index contributed by atoms with van der Waals surface area (Å²) in [5, 5.41) is 9.05. The highest BCUT2D eigenvalue weighted by atomic mass is 19.1. The van der Waals surface area contributed by atoms with E-state index in [-0.39, 0.29) is 5.56 Å². The van der Waals surface area contributed by atoms with Gasteiger partial charge in [-0.15, -0.1) is 0 Å². The molecule has 5 heteroatoms. The van der Waals surface area contributed by atoms with Gasteiger partial charge < -0.3 is 9.64 Å². The van der Waals surface area contributed by atoms with Crippen LogP contribution in [-0.4, -0.2) is 55.7 Å². The molecule has 142 valence electrons. The van der Waals surface area contributed by atoms with Crippen LogP contribution in [0.2, 0.25) is 0 Å². The number of hydrogen-bond acceptors (Lipinski definition) is 4. The van der Waals surface area contributed by atoms with Crippen molar-refractivity contribution in [1.82, 2.24) is 9.80 Å². The van der Waals surface area contributed by atoms with E-state index in [4.69, 9.17) is 10.00 Å². The van der Waals surface area contributed by atoms with Gasteiger partial charge in [-0.25, -0.2) is 4.39 Å². The Morgan fingerprint density at radius 1 is 1.19 bits per heavy atom. The molecule has 2 aromatic rings. The molecule has 2 aromatic carbocycles. The second kappa shape index (κ2) is 9.09. The highest BCUT2D eigenvalue weighted by molar-refractivity contribution is 5.66. The number of morpholine rings is 1. The number of likely N-dealkylation sites (N-methyl/N-ethyl adjacent to an activating group) is 1. The molecule has 1 heterocycles. The van der Waals surface area contributed by atoms with Crippen LogP contribution in [0, 0.1) is 17.1 Å². The lowest BCUT2D eigenvalue weighted by Crippen LogP contribution is -2.46. The largest absolute Gasteiger partial charge is 0.379 e. The average molecular weight is 367 g/mol. The van der Waals surface area contributed by atoms with Crippen molar-refractivity contribution < 1.29 is 9.13 Å². The molecule has 1 saturated heterocycles. The third-order valence-corrected chi connectivity index (χ3v) is 5.04. The number of nitrogens with zero attached hydrogens (tertiary/aromatic N) is 3. The normalized spacial score (nSPS) is 16.3. The van der Waals surface area contributed by atoms with E-state index in [1.54, 1.807) is 12.1 Å². The van der Waals surface area contributed by atoms with Crippen LogP contribution in [0.1, 0.15) is 18.1 Å². The van der Waals surface area contributed by atoms with Crippen molar-refractivity contribution in [2.45, 2.75) is 19.5 Å². The lowest BCUT2D eigenvalue weighted by Gasteiger charge is -2.34. The fraction of sp³-hybridized carbons (Fsp3) is 0.409. The first kappa shape index (κ1) is 19.5. The van der Waals surface area contributed by atoms with Crippen molar-refractivity contribution in [3.63, 3.8) is 0 Å². The Morgan fingerprint density at radius 2 is 1.93 bits per heavy atom. The first-order valence-electron chi connectivity index (χ1n) is 9.36. The standard InChI is InChI=1S/C22H26FN3O/c1-17(26-8-10-27-11-9-26)15-25(2)16-18-4-3-5-19(12-18)20-6-7-22(23)21(13-20)14-24/h3-7,12-13,17H,8-11,15-16H2,1-2H3. The van der Waals surface area contributed by atoms with Gasteiger partial charge in [0.15, 0.2) is 0 Å². The van der Waals surface area contributed by atoms with E-state index in [1.165, 1.54) is 11.6 Å². The van der Waals surface area contributed by atoms with Gasteiger partial charge in [-0.3, -0.25) is 4.90 Å². The number of ether oxygens (including phenoxy) is 1. The summed E-state index contributed by atoms with van der Waals surface area (Å²) in [5.41, 5.74) is 3.14. The molecule has 3 rings (SSSR count). The van der Waals surface area contributed by atoms with Gasteiger partial charge in [0.05, 0.1) is 18.8 Å². The molecule has 0 N–H and O–H groups in total. The fourth-order valence-corrected chi connectivity index (χ4v) is 3.60. The van der Waals surface area contributed by atoms with Crippen LogP contribution in [0.25, 0.3) is 11.1 Å². The molecule has 0 spiro atoms. The van der Waals surface area contributed by atoms with Crippen LogP contribution in [0.4, 0.5) is 4.39 Å². The van der Waals surface area contributed by atoms with E-state index in [9.17, 15) is 4.39 Å². The van der Waals surface area contributed by atoms with E-state index in [2.05, 4.69) is 35.9 Å². The van der Waals surface area contributed by atoms with Crippen LogP contribution in [-0.2, 0) is 11.3 Å². The molecular formula is C22H26FN3O. The minimum Gasteiger partial charge on any atom is -0.379 e. The summed E-state index contributed by atoms with van der Waals surface area (Å²) in [6, 6.07) is 15.3. The lowest BCUT2D eigenvalue weighted by atomic mass is 10.0. The maximum absolute atomic E-state index is 13.6. The molecular weight excluding hydrogens is 341 g/mol. The molecule has 0 aliphatic carbocycles. The molecule has 0 saturated carbocycles. The minimum atomic E-state index is -0.478. The van der Waals surface area contributed by atoms with Crippen molar-refractivity contribution in [1.29, 1.82) is 5.26 Å². The summed E-state index contributed by atoms with van der Waals surface area (Å²) in [6.07, 6.45) is 0. The van der Waals surface area contributed by atoms with Gasteiger partial charge in [-0.2, -0.15) is 5.26 Å². The number of rotatable bonds is 6. The third kappa shape index (κ3) is 5.14. The predicted molar refractivity (Wildman–Crippen MR) is 105 cm³/mol. The molecule has 1 atom stereocenters. The highest BCUT2D eigenvalue weighted by Crippen LogP contribution is 2.23. The van der Waals surface area contributed by atoms with Gasteiger partial charge in [0.1, 0.15) is 11.9 Å². The highest BCUT2D eigenvalue weighted by Gasteiger charge is 2.18. The first-order valence-corrected chi connectivity index (χ1v) is 9.36. The van der Waals surface area contributed by atoms with E-state index >= 15 is 0 Å². The zero-order valence-corrected chi connectivity index (χ0v) is 16.0. The van der Waals surface area contributed by atoms with Crippen LogP contribution in [0.15, 0.2) is 42.5 Å². The van der Waals surface area contributed by atoms with Crippen molar-refractivity contribution in [3.8, 4) is 17.2 Å². The zero-order valence-electron chi connectivity index (χ0n) is 16.0. The van der Waals surface area contributed by atoms with Crippen LogP contribution >= 0.6 is 0 Å². The minimum absolute atomic E-state index is 0.0781. The molecule has 1 fully saturated rings. The van der Waals surface area contributed by atoms with Crippen molar-refractivity contribution in [2.24, 2.45) is 0 Å². The van der Waals surface area contributed by atoms with Crippen LogP contribution < -0.4 is 0 Å². The fourth-order valence-electron chi connectivity index (χ4n) is 3.60. The Balaban J connectivity index is 1.66. The number of hydrogen-bond donors (Lipinski definition) is 0. The van der Waals surface area contributed by atoms with Crippen LogP contribution in [0.5, 0.6) is 0 Å². The van der Waals surface area contributed by atoms with E-state index < -0.39 is 5.82 Å². The van der Waals surface area contributed by atoms with Crippen molar-refractivity contribution in [2.75, 3.05) is 39.9 Å². The molecule has 1 unspecified atom stereocenters. The second-order valence-corrected chi connectivity index (χ2v) is 7.20. The maximum Gasteiger partial charge on any atom is 0.140 e. The Bertz CT molecular complexity index is 811.